The lowest BCUT2D eigenvalue weighted by Gasteiger charge is -2.47. The summed E-state index contributed by atoms with van der Waals surface area (Å²) in [6, 6.07) is 0. The van der Waals surface area contributed by atoms with Crippen molar-refractivity contribution >= 4 is 40.9 Å². The number of amides is 2. The van der Waals surface area contributed by atoms with Crippen LogP contribution in [-0.2, 0) is 24.5 Å². The second-order valence-electron chi connectivity index (χ2n) is 9.00. The molecule has 1 aromatic rings. The summed E-state index contributed by atoms with van der Waals surface area (Å²) in [5, 5.41) is 1.17. The van der Waals surface area contributed by atoms with Crippen molar-refractivity contribution in [3.05, 3.63) is 14.5 Å². The molecule has 2 aliphatic carbocycles. The molecule has 1 N–H and O–H groups in total. The van der Waals surface area contributed by atoms with E-state index in [1.807, 2.05) is 0 Å². The van der Waals surface area contributed by atoms with E-state index in [0.29, 0.717) is 0 Å². The van der Waals surface area contributed by atoms with E-state index < -0.39 is 0 Å². The zero-order valence-corrected chi connectivity index (χ0v) is 18.2. The van der Waals surface area contributed by atoms with Crippen molar-refractivity contribution in [3.8, 4) is 0 Å². The number of fused-ring (bicyclic) bond motifs is 9. The number of nitrogens with zero attached hydrogens (tertiary/aromatic N) is 1. The predicted molar refractivity (Wildman–Crippen MR) is 108 cm³/mol. The maximum Gasteiger partial charge on any atom is 0.307 e. The minimum Gasteiger partial charge on any atom is -0.466 e. The maximum absolute atomic E-state index is 13.2. The molecule has 2 bridgehead atoms. The van der Waals surface area contributed by atoms with E-state index in [1.165, 1.54) is 16.2 Å². The summed E-state index contributed by atoms with van der Waals surface area (Å²) in [4.78, 5) is 55.3. The van der Waals surface area contributed by atoms with Gasteiger partial charge in [0.25, 0.3) is 0 Å². The number of carbonyl (C=O) groups excluding carboxylic acids is 3. The Kier molecular flexibility index (Phi) is 4.30. The molecule has 3 heterocycles. The Labute approximate surface area is 176 Å². The average Bonchev–Trinajstić information content (AvgIpc) is 3.36. The first kappa shape index (κ1) is 19.4. The molecule has 9 heteroatoms. The van der Waals surface area contributed by atoms with Crippen LogP contribution in [0.25, 0.3) is 0 Å². The molecule has 2 amide bonds. The van der Waals surface area contributed by atoms with Crippen LogP contribution in [-0.4, -0.2) is 46.1 Å². The van der Waals surface area contributed by atoms with Crippen LogP contribution in [0.4, 0.5) is 0 Å². The van der Waals surface area contributed by atoms with Gasteiger partial charge in [0.1, 0.15) is 0 Å². The summed E-state index contributed by atoms with van der Waals surface area (Å²) in [5.41, 5.74) is -0.207. The normalized spacial score (nSPS) is 36.2. The Morgan fingerprint density at radius 2 is 1.90 bits per heavy atom. The molecule has 3 fully saturated rings. The van der Waals surface area contributed by atoms with Crippen molar-refractivity contribution in [2.24, 2.45) is 29.6 Å². The summed E-state index contributed by atoms with van der Waals surface area (Å²) in [6.45, 7) is 6.47. The topological polar surface area (TPSA) is 96.5 Å². The van der Waals surface area contributed by atoms with Gasteiger partial charge in [0.05, 0.1) is 29.9 Å². The van der Waals surface area contributed by atoms with Gasteiger partial charge in [-0.25, -0.2) is 0 Å². The first-order valence-corrected chi connectivity index (χ1v) is 11.9. The Morgan fingerprint density at radius 3 is 2.59 bits per heavy atom. The molecule has 0 radical (unpaired) electrons. The number of rotatable bonds is 4. The minimum absolute atomic E-state index is 0.0413. The standard InChI is InChI=1S/C20H24N2O5S2/c1-4-27-10(23)5-6-22-17(24)11-8-7-9(12(11)18(22)25)14-13(8)20(2,3)15-16(28-14)21-19(26)29-15/h8-9,11-14H,4-7H2,1-3H3,(H,21,26)/t8-,9-,11+,12-,13+,14+/m0/s1. The molecular formula is C20H24N2O5S2. The minimum atomic E-state index is -0.383. The van der Waals surface area contributed by atoms with E-state index in [4.69, 9.17) is 4.74 Å². The number of imide groups is 1. The SMILES string of the molecule is CCOC(=O)CCN1C(=O)[C@@H]2[C@@H]3C[C@H]([C@H]4Sc5[nH]c(=O)sc5C(C)(C)[C@H]34)[C@@H]2C1=O. The van der Waals surface area contributed by atoms with Gasteiger partial charge < -0.3 is 9.72 Å². The smallest absolute Gasteiger partial charge is 0.307 e. The van der Waals surface area contributed by atoms with Gasteiger partial charge in [0, 0.05) is 22.1 Å². The summed E-state index contributed by atoms with van der Waals surface area (Å²) >= 11 is 2.96. The molecule has 7 nitrogen and oxygen atoms in total. The van der Waals surface area contributed by atoms with Gasteiger partial charge in [-0.1, -0.05) is 25.2 Å². The monoisotopic (exact) mass is 436 g/mol. The van der Waals surface area contributed by atoms with Crippen LogP contribution >= 0.6 is 23.1 Å². The quantitative estimate of drug-likeness (QED) is 0.573. The van der Waals surface area contributed by atoms with Crippen LogP contribution in [0.1, 0.15) is 38.5 Å². The van der Waals surface area contributed by atoms with Crippen molar-refractivity contribution in [1.82, 2.24) is 9.88 Å². The molecule has 0 spiro atoms. The lowest BCUT2D eigenvalue weighted by Crippen LogP contribution is -2.48. The Bertz CT molecular complexity index is 966. The average molecular weight is 437 g/mol. The van der Waals surface area contributed by atoms with Crippen molar-refractivity contribution in [3.63, 3.8) is 0 Å². The second kappa shape index (κ2) is 6.44. The van der Waals surface area contributed by atoms with E-state index >= 15 is 0 Å². The third kappa shape index (κ3) is 2.55. The maximum atomic E-state index is 13.2. The Morgan fingerprint density at radius 1 is 1.21 bits per heavy atom. The van der Waals surface area contributed by atoms with Crippen molar-refractivity contribution in [2.75, 3.05) is 13.2 Å². The van der Waals surface area contributed by atoms with Crippen molar-refractivity contribution < 1.29 is 19.1 Å². The second-order valence-corrected chi connectivity index (χ2v) is 11.2. The third-order valence-electron chi connectivity index (χ3n) is 7.33. The molecule has 156 valence electrons. The molecule has 0 aromatic carbocycles. The number of thiazole rings is 1. The van der Waals surface area contributed by atoms with Crippen LogP contribution < -0.4 is 4.87 Å². The number of ether oxygens (including phenoxy) is 1. The van der Waals surface area contributed by atoms with Crippen LogP contribution in [0.15, 0.2) is 9.82 Å². The van der Waals surface area contributed by atoms with Crippen LogP contribution in [0.5, 0.6) is 0 Å². The molecular weight excluding hydrogens is 412 g/mol. The zero-order valence-electron chi connectivity index (χ0n) is 16.6. The van der Waals surface area contributed by atoms with Crippen LogP contribution in [0.2, 0.25) is 0 Å². The number of carbonyl (C=O) groups is 3. The lowest BCUT2D eigenvalue weighted by molar-refractivity contribution is -0.145. The highest BCUT2D eigenvalue weighted by Gasteiger charge is 2.70. The van der Waals surface area contributed by atoms with Gasteiger partial charge in [-0.3, -0.25) is 24.1 Å². The largest absolute Gasteiger partial charge is 0.466 e. The van der Waals surface area contributed by atoms with Gasteiger partial charge in [0.2, 0.25) is 11.8 Å². The molecule has 6 atom stereocenters. The molecule has 2 saturated carbocycles. The number of hydrogen-bond donors (Lipinski definition) is 1. The fraction of sp³-hybridized carbons (Fsp3) is 0.700. The molecule has 29 heavy (non-hydrogen) atoms. The van der Waals surface area contributed by atoms with E-state index in [1.54, 1.807) is 18.7 Å². The van der Waals surface area contributed by atoms with Gasteiger partial charge in [-0.2, -0.15) is 0 Å². The van der Waals surface area contributed by atoms with E-state index in [2.05, 4.69) is 18.8 Å². The number of aromatic amines is 1. The molecule has 5 rings (SSSR count). The number of esters is 1. The number of hydrogen-bond acceptors (Lipinski definition) is 7. The summed E-state index contributed by atoms with van der Waals surface area (Å²) in [6.07, 6.45) is 0.940. The Hall–Kier alpha value is -1.61. The van der Waals surface area contributed by atoms with Crippen LogP contribution in [0.3, 0.4) is 0 Å². The third-order valence-corrected chi connectivity index (χ3v) is 10.1. The summed E-state index contributed by atoms with van der Waals surface area (Å²) in [5.74, 6) is -0.653. The molecule has 1 aromatic heterocycles. The fourth-order valence-electron chi connectivity index (χ4n) is 6.37. The highest BCUT2D eigenvalue weighted by Crippen LogP contribution is 2.68. The molecule has 0 unspecified atom stereocenters. The van der Waals surface area contributed by atoms with Gasteiger partial charge in [-0.05, 0) is 31.1 Å². The van der Waals surface area contributed by atoms with Crippen LogP contribution in [0, 0.1) is 29.6 Å². The fourth-order valence-corrected chi connectivity index (χ4v) is 9.53. The first-order chi connectivity index (χ1) is 13.8. The first-order valence-electron chi connectivity index (χ1n) is 10.2. The van der Waals surface area contributed by atoms with Gasteiger partial charge in [-0.15, -0.1) is 11.8 Å². The molecule has 2 aliphatic heterocycles. The van der Waals surface area contributed by atoms with E-state index in [9.17, 15) is 19.2 Å². The zero-order chi connectivity index (χ0) is 20.7. The molecule has 1 saturated heterocycles. The number of nitrogens with one attached hydrogen (secondary N) is 1. The number of aromatic nitrogens is 1. The molecule has 4 aliphatic rings. The summed E-state index contributed by atoms with van der Waals surface area (Å²) in [7, 11) is 0. The van der Waals surface area contributed by atoms with Crippen molar-refractivity contribution in [2.45, 2.75) is 49.3 Å². The number of likely N-dealkylation sites (tertiary alicyclic amines) is 1. The Balaban J connectivity index is 1.43. The number of thioether (sulfide) groups is 1. The number of H-pyrrole nitrogens is 1. The summed E-state index contributed by atoms with van der Waals surface area (Å²) < 4.78 is 4.94. The van der Waals surface area contributed by atoms with E-state index in [0.717, 1.165) is 16.3 Å². The van der Waals surface area contributed by atoms with Crippen molar-refractivity contribution in [1.29, 1.82) is 0 Å². The predicted octanol–water partition coefficient (Wildman–Crippen LogP) is 2.01. The lowest BCUT2D eigenvalue weighted by atomic mass is 9.64. The van der Waals surface area contributed by atoms with E-state index in [-0.39, 0.29) is 82.5 Å². The highest BCUT2D eigenvalue weighted by atomic mass is 32.2. The van der Waals surface area contributed by atoms with Gasteiger partial charge in [0.15, 0.2) is 0 Å². The highest BCUT2D eigenvalue weighted by molar-refractivity contribution is 8.00. The van der Waals surface area contributed by atoms with Gasteiger partial charge >= 0.3 is 10.8 Å².